The molecule has 22 heavy (non-hydrogen) atoms. The molecule has 0 aromatic carbocycles. The Morgan fingerprint density at radius 2 is 0.545 bits per heavy atom. The summed E-state index contributed by atoms with van der Waals surface area (Å²) in [7, 11) is 0. The van der Waals surface area contributed by atoms with Crippen molar-refractivity contribution in [2.24, 2.45) is 0 Å². The van der Waals surface area contributed by atoms with Crippen LogP contribution in [0.4, 0.5) is 0 Å². The van der Waals surface area contributed by atoms with Crippen LogP contribution in [0.1, 0.15) is 0 Å². The quantitative estimate of drug-likeness (QED) is 0.335. The Morgan fingerprint density at radius 3 is 0.545 bits per heavy atom. The first-order valence-electron chi connectivity index (χ1n) is 4.50. The average molecular weight is 494 g/mol. The van der Waals surface area contributed by atoms with E-state index in [1.807, 2.05) is 0 Å². The van der Waals surface area contributed by atoms with Crippen molar-refractivity contribution in [1.82, 2.24) is 0 Å². The monoisotopic (exact) mass is 494 g/mol. The van der Waals surface area contributed by atoms with Gasteiger partial charge in [0.15, 0.2) is 0 Å². The number of hydrogen-bond acceptors (Lipinski definition) is 4. The van der Waals surface area contributed by atoms with Crippen LogP contribution in [0.15, 0.2) is 50.6 Å². The van der Waals surface area contributed by atoms with Crippen LogP contribution < -0.4 is 0 Å². The fourth-order valence-corrected chi connectivity index (χ4v) is 0. The Morgan fingerprint density at radius 1 is 0.500 bits per heavy atom. The van der Waals surface area contributed by atoms with E-state index in [-0.39, 0.29) is 39.0 Å². The largest absolute Gasteiger partial charge is 0.478 e. The van der Waals surface area contributed by atoms with Gasteiger partial charge in [-0.15, -0.1) is 0 Å². The van der Waals surface area contributed by atoms with Crippen molar-refractivity contribution in [3.63, 3.8) is 0 Å². The van der Waals surface area contributed by atoms with E-state index >= 15 is 0 Å². The molecule has 8 nitrogen and oxygen atoms in total. The van der Waals surface area contributed by atoms with Crippen LogP contribution in [0.2, 0.25) is 0 Å². The Kier molecular flexibility index (Phi) is 52.7. The number of aliphatic carboxylic acids is 4. The molecule has 0 rings (SSSR count). The van der Waals surface area contributed by atoms with Crippen LogP contribution in [-0.2, 0) is 58.1 Å². The number of rotatable bonds is 4. The Labute approximate surface area is 153 Å². The minimum Gasteiger partial charge on any atom is -0.478 e. The standard InChI is InChI=1S/4C3H4O2.2Rh/c4*1-2-3(4)5;;/h4*2H,1H2,(H,4,5);;. The Balaban J connectivity index is -0.0000000376. The molecular formula is C12H16O8Rh2. The molecule has 0 aromatic rings. The molecule has 0 saturated carbocycles. The second-order valence-corrected chi connectivity index (χ2v) is 2.17. The molecule has 10 heteroatoms. The maximum Gasteiger partial charge on any atom is 0.327 e. The van der Waals surface area contributed by atoms with Crippen LogP contribution in [-0.4, -0.2) is 44.3 Å². The number of carboxylic acids is 4. The zero-order chi connectivity index (χ0) is 17.1. The molecule has 0 spiro atoms. The van der Waals surface area contributed by atoms with E-state index in [0.29, 0.717) is 0 Å². The van der Waals surface area contributed by atoms with E-state index in [9.17, 15) is 19.2 Å². The summed E-state index contributed by atoms with van der Waals surface area (Å²) < 4.78 is 0. The maximum absolute atomic E-state index is 9.25. The summed E-state index contributed by atoms with van der Waals surface area (Å²) in [6.45, 7) is 11.8. The second-order valence-electron chi connectivity index (χ2n) is 2.17. The molecule has 0 atom stereocenters. The van der Waals surface area contributed by atoms with Crippen molar-refractivity contribution in [2.75, 3.05) is 0 Å². The van der Waals surface area contributed by atoms with E-state index in [1.165, 1.54) is 0 Å². The third-order valence-electron chi connectivity index (χ3n) is 0.698. The van der Waals surface area contributed by atoms with Crippen LogP contribution in [0.3, 0.4) is 0 Å². The van der Waals surface area contributed by atoms with Gasteiger partial charge in [0.25, 0.3) is 0 Å². The van der Waals surface area contributed by atoms with Gasteiger partial charge in [0.05, 0.1) is 0 Å². The fraction of sp³-hybridized carbons (Fsp3) is 0. The summed E-state index contributed by atoms with van der Waals surface area (Å²) in [5.74, 6) is -3.93. The van der Waals surface area contributed by atoms with Crippen molar-refractivity contribution >= 4 is 23.9 Å². The van der Waals surface area contributed by atoms with Gasteiger partial charge in [-0.2, -0.15) is 0 Å². The van der Waals surface area contributed by atoms with Gasteiger partial charge in [0.2, 0.25) is 0 Å². The van der Waals surface area contributed by atoms with Gasteiger partial charge in [0.1, 0.15) is 0 Å². The van der Waals surface area contributed by atoms with Gasteiger partial charge in [-0.3, -0.25) is 0 Å². The van der Waals surface area contributed by atoms with Crippen LogP contribution in [0.25, 0.3) is 0 Å². The summed E-state index contributed by atoms with van der Waals surface area (Å²) in [6, 6.07) is 0. The average Bonchev–Trinajstić information content (AvgIpc) is 2.40. The van der Waals surface area contributed by atoms with Gasteiger partial charge in [-0.1, -0.05) is 26.3 Å². The molecule has 4 N–H and O–H groups in total. The molecule has 0 aliphatic carbocycles. The van der Waals surface area contributed by atoms with Crippen LogP contribution in [0.5, 0.6) is 0 Å². The molecule has 0 heterocycles. The second kappa shape index (κ2) is 31.5. The normalized spacial score (nSPS) is 5.82. The minimum atomic E-state index is -0.981. The molecule has 0 unspecified atom stereocenters. The third-order valence-corrected chi connectivity index (χ3v) is 0.698. The van der Waals surface area contributed by atoms with E-state index in [0.717, 1.165) is 24.3 Å². The van der Waals surface area contributed by atoms with E-state index in [4.69, 9.17) is 20.4 Å². The first-order valence-corrected chi connectivity index (χ1v) is 4.50. The summed E-state index contributed by atoms with van der Waals surface area (Å²) in [5.41, 5.74) is 0. The molecule has 0 amide bonds. The Bertz CT molecular complexity index is 305. The van der Waals surface area contributed by atoms with E-state index in [2.05, 4.69) is 26.3 Å². The van der Waals surface area contributed by atoms with Crippen molar-refractivity contribution in [3.8, 4) is 0 Å². The first kappa shape index (κ1) is 36.9. The molecule has 0 aromatic heterocycles. The van der Waals surface area contributed by atoms with Crippen molar-refractivity contribution in [1.29, 1.82) is 0 Å². The zero-order valence-corrected chi connectivity index (χ0v) is 14.5. The topological polar surface area (TPSA) is 149 Å². The van der Waals surface area contributed by atoms with Crippen molar-refractivity contribution < 1.29 is 78.6 Å². The van der Waals surface area contributed by atoms with E-state index in [1.54, 1.807) is 0 Å². The molecule has 0 aliphatic rings. The van der Waals surface area contributed by atoms with Crippen LogP contribution >= 0.6 is 0 Å². The van der Waals surface area contributed by atoms with Gasteiger partial charge in [0, 0.05) is 63.3 Å². The maximum atomic E-state index is 9.25. The summed E-state index contributed by atoms with van der Waals surface area (Å²) in [6.07, 6.45) is 3.33. The fourth-order valence-electron chi connectivity index (χ4n) is 0. The van der Waals surface area contributed by atoms with Gasteiger partial charge < -0.3 is 20.4 Å². The zero-order valence-electron chi connectivity index (χ0n) is 11.2. The molecule has 0 bridgehead atoms. The van der Waals surface area contributed by atoms with Crippen molar-refractivity contribution in [3.05, 3.63) is 50.6 Å². The van der Waals surface area contributed by atoms with Gasteiger partial charge in [-0.05, 0) is 0 Å². The molecule has 0 aliphatic heterocycles. The third kappa shape index (κ3) is 143. The summed E-state index contributed by atoms with van der Waals surface area (Å²) >= 11 is 0. The molecular weight excluding hydrogens is 478 g/mol. The molecule has 2 radical (unpaired) electrons. The summed E-state index contributed by atoms with van der Waals surface area (Å²) in [5, 5.41) is 30.4. The predicted octanol–water partition coefficient (Wildman–Crippen LogP) is 1.02. The van der Waals surface area contributed by atoms with Gasteiger partial charge in [-0.25, -0.2) is 19.2 Å². The summed E-state index contributed by atoms with van der Waals surface area (Å²) in [4.78, 5) is 37.0. The number of carbonyl (C=O) groups is 4. The molecule has 0 fully saturated rings. The molecule has 130 valence electrons. The molecule has 0 saturated heterocycles. The minimum absolute atomic E-state index is 0. The van der Waals surface area contributed by atoms with E-state index < -0.39 is 23.9 Å². The van der Waals surface area contributed by atoms with Crippen molar-refractivity contribution in [2.45, 2.75) is 0 Å². The predicted molar refractivity (Wildman–Crippen MR) is 71.3 cm³/mol. The van der Waals surface area contributed by atoms with Gasteiger partial charge >= 0.3 is 23.9 Å². The Hall–Kier alpha value is -1.91. The SMILES string of the molecule is C=CC(=O)O.C=CC(=O)O.C=CC(=O)O.C=CC(=O)O.[Rh].[Rh]. The van der Waals surface area contributed by atoms with Crippen LogP contribution in [0, 0.1) is 0 Å². The first-order chi connectivity index (χ1) is 9.08. The number of hydrogen-bond donors (Lipinski definition) is 4. The number of carboxylic acid groups (broad SMARTS) is 4. The smallest absolute Gasteiger partial charge is 0.327 e.